The first kappa shape index (κ1) is 13.0. The fourth-order valence-electron chi connectivity index (χ4n) is 2.02. The predicted octanol–water partition coefficient (Wildman–Crippen LogP) is 1.34. The van der Waals surface area contributed by atoms with Crippen LogP contribution in [0.15, 0.2) is 36.4 Å². The number of rotatable bonds is 3. The minimum Gasteiger partial charge on any atom is -0.507 e. The molecule has 0 fully saturated rings. The van der Waals surface area contributed by atoms with Crippen molar-refractivity contribution in [2.45, 2.75) is 12.5 Å². The van der Waals surface area contributed by atoms with Gasteiger partial charge in [-0.3, -0.25) is 9.59 Å². The molecule has 3 N–H and O–H groups in total. The summed E-state index contributed by atoms with van der Waals surface area (Å²) in [4.78, 5) is 24.1. The van der Waals surface area contributed by atoms with E-state index in [9.17, 15) is 24.9 Å². The standard InChI is InChI=1S/C14H12O5/c1-2-3-8(15)7-6-11(18)12-9(16)4-5-10(17)13(12)14(7)19/h2,4-6,8,15-17H,1,3H2. The van der Waals surface area contributed by atoms with Crippen molar-refractivity contribution in [3.8, 4) is 11.5 Å². The van der Waals surface area contributed by atoms with Crippen LogP contribution in [0.2, 0.25) is 0 Å². The van der Waals surface area contributed by atoms with Crippen LogP contribution in [-0.2, 0) is 0 Å². The third-order valence-electron chi connectivity index (χ3n) is 2.93. The van der Waals surface area contributed by atoms with Gasteiger partial charge in [0, 0.05) is 5.57 Å². The Balaban J connectivity index is 2.59. The maximum absolute atomic E-state index is 12.2. The van der Waals surface area contributed by atoms with E-state index >= 15 is 0 Å². The third kappa shape index (κ3) is 2.04. The number of carbonyl (C=O) groups excluding carboxylic acids is 2. The van der Waals surface area contributed by atoms with Gasteiger partial charge in [-0.1, -0.05) is 6.08 Å². The Hall–Kier alpha value is -2.40. The van der Waals surface area contributed by atoms with Crippen molar-refractivity contribution < 1.29 is 24.9 Å². The number of Topliss-reactive ketones (excluding diaryl/α,β-unsaturated/α-hetero) is 1. The second-order valence-corrected chi connectivity index (χ2v) is 4.19. The molecule has 0 saturated carbocycles. The van der Waals surface area contributed by atoms with Crippen LogP contribution in [0.1, 0.15) is 27.1 Å². The van der Waals surface area contributed by atoms with Crippen LogP contribution in [0.3, 0.4) is 0 Å². The molecule has 5 nitrogen and oxygen atoms in total. The number of ketones is 2. The SMILES string of the molecule is C=CCC(O)C1=CC(=O)c2c(O)ccc(O)c2C1=O. The van der Waals surface area contributed by atoms with Crippen LogP contribution in [-0.4, -0.2) is 33.0 Å². The number of aliphatic hydroxyl groups excluding tert-OH is 1. The van der Waals surface area contributed by atoms with E-state index in [0.29, 0.717) is 0 Å². The Kier molecular flexibility index (Phi) is 3.23. The molecule has 5 heteroatoms. The van der Waals surface area contributed by atoms with E-state index in [1.165, 1.54) is 6.08 Å². The third-order valence-corrected chi connectivity index (χ3v) is 2.93. The summed E-state index contributed by atoms with van der Waals surface area (Å²) in [6.07, 6.45) is 1.35. The normalized spacial score (nSPS) is 15.7. The Bertz CT molecular complexity index is 613. The van der Waals surface area contributed by atoms with E-state index in [4.69, 9.17) is 0 Å². The topological polar surface area (TPSA) is 94.8 Å². The number of fused-ring (bicyclic) bond motifs is 1. The highest BCUT2D eigenvalue weighted by Gasteiger charge is 2.33. The zero-order chi connectivity index (χ0) is 14.2. The average molecular weight is 260 g/mol. The molecule has 0 radical (unpaired) electrons. The molecule has 0 saturated heterocycles. The van der Waals surface area contributed by atoms with Gasteiger partial charge < -0.3 is 15.3 Å². The molecule has 98 valence electrons. The van der Waals surface area contributed by atoms with Gasteiger partial charge >= 0.3 is 0 Å². The van der Waals surface area contributed by atoms with Gasteiger partial charge in [-0.05, 0) is 24.6 Å². The number of allylic oxidation sites excluding steroid dienone is 1. The van der Waals surface area contributed by atoms with Gasteiger partial charge in [0.1, 0.15) is 11.5 Å². The van der Waals surface area contributed by atoms with E-state index in [1.54, 1.807) is 0 Å². The van der Waals surface area contributed by atoms with Crippen molar-refractivity contribution in [1.82, 2.24) is 0 Å². The van der Waals surface area contributed by atoms with Crippen molar-refractivity contribution in [2.75, 3.05) is 0 Å². The van der Waals surface area contributed by atoms with E-state index < -0.39 is 23.4 Å². The molecule has 0 amide bonds. The number of hydrogen-bond donors (Lipinski definition) is 3. The van der Waals surface area contributed by atoms with Crippen molar-refractivity contribution >= 4 is 11.6 Å². The molecule has 0 aliphatic heterocycles. The van der Waals surface area contributed by atoms with E-state index in [2.05, 4.69) is 6.58 Å². The quantitative estimate of drug-likeness (QED) is 0.563. The first-order chi connectivity index (χ1) is 8.97. The first-order valence-electron chi connectivity index (χ1n) is 5.62. The van der Waals surface area contributed by atoms with E-state index in [1.807, 2.05) is 0 Å². The minimum atomic E-state index is -1.16. The molecule has 1 aromatic rings. The lowest BCUT2D eigenvalue weighted by Crippen LogP contribution is -2.25. The second-order valence-electron chi connectivity index (χ2n) is 4.19. The Morgan fingerprint density at radius 3 is 2.32 bits per heavy atom. The lowest BCUT2D eigenvalue weighted by Gasteiger charge is -2.19. The largest absolute Gasteiger partial charge is 0.507 e. The lowest BCUT2D eigenvalue weighted by atomic mass is 9.85. The summed E-state index contributed by atoms with van der Waals surface area (Å²) in [6, 6.07) is 2.26. The van der Waals surface area contributed by atoms with Gasteiger partial charge in [-0.15, -0.1) is 6.58 Å². The van der Waals surface area contributed by atoms with Crippen LogP contribution in [0.5, 0.6) is 11.5 Å². The molecule has 1 aromatic carbocycles. The number of benzene rings is 1. The Morgan fingerprint density at radius 2 is 1.74 bits per heavy atom. The average Bonchev–Trinajstić information content (AvgIpc) is 2.36. The van der Waals surface area contributed by atoms with Gasteiger partial charge in [-0.2, -0.15) is 0 Å². The fourth-order valence-corrected chi connectivity index (χ4v) is 2.02. The summed E-state index contributed by atoms with van der Waals surface area (Å²) in [7, 11) is 0. The summed E-state index contributed by atoms with van der Waals surface area (Å²) in [5.74, 6) is -2.07. The molecule has 19 heavy (non-hydrogen) atoms. The maximum Gasteiger partial charge on any atom is 0.196 e. The molecule has 0 heterocycles. The molecular weight excluding hydrogens is 248 g/mol. The Morgan fingerprint density at radius 1 is 1.16 bits per heavy atom. The highest BCUT2D eigenvalue weighted by Crippen LogP contribution is 2.35. The molecule has 1 atom stereocenters. The van der Waals surface area contributed by atoms with E-state index in [-0.39, 0.29) is 28.9 Å². The molecule has 2 rings (SSSR count). The Labute approximate surface area is 109 Å². The number of aliphatic hydroxyl groups is 1. The number of phenolic OH excluding ortho intramolecular Hbond substituents is 2. The van der Waals surface area contributed by atoms with Gasteiger partial charge in [0.15, 0.2) is 11.6 Å². The summed E-state index contributed by atoms with van der Waals surface area (Å²) in [5, 5.41) is 29.1. The molecule has 1 aliphatic carbocycles. The minimum absolute atomic E-state index is 0.111. The summed E-state index contributed by atoms with van der Waals surface area (Å²) in [6.45, 7) is 3.44. The summed E-state index contributed by atoms with van der Waals surface area (Å²) < 4.78 is 0. The van der Waals surface area contributed by atoms with Crippen LogP contribution in [0.4, 0.5) is 0 Å². The molecular formula is C14H12O5. The van der Waals surface area contributed by atoms with Gasteiger partial charge in [0.05, 0.1) is 17.2 Å². The number of aromatic hydroxyl groups is 2. The first-order valence-corrected chi connectivity index (χ1v) is 5.62. The molecule has 0 spiro atoms. The van der Waals surface area contributed by atoms with Gasteiger partial charge in [0.25, 0.3) is 0 Å². The van der Waals surface area contributed by atoms with Crippen molar-refractivity contribution in [3.63, 3.8) is 0 Å². The van der Waals surface area contributed by atoms with Crippen molar-refractivity contribution in [1.29, 1.82) is 0 Å². The highest BCUT2D eigenvalue weighted by atomic mass is 16.3. The monoisotopic (exact) mass is 260 g/mol. The molecule has 0 bridgehead atoms. The highest BCUT2D eigenvalue weighted by molar-refractivity contribution is 6.26. The summed E-state index contributed by atoms with van der Waals surface area (Å²) in [5.41, 5.74) is -0.622. The second kappa shape index (κ2) is 4.70. The van der Waals surface area contributed by atoms with Crippen LogP contribution < -0.4 is 0 Å². The van der Waals surface area contributed by atoms with Crippen molar-refractivity contribution in [3.05, 3.63) is 47.6 Å². The molecule has 1 aliphatic rings. The fraction of sp³-hybridized carbons (Fsp3) is 0.143. The zero-order valence-corrected chi connectivity index (χ0v) is 9.96. The number of carbonyl (C=O) groups is 2. The molecule has 0 aromatic heterocycles. The number of phenols is 2. The van der Waals surface area contributed by atoms with Crippen molar-refractivity contribution in [2.24, 2.45) is 0 Å². The van der Waals surface area contributed by atoms with E-state index in [0.717, 1.165) is 18.2 Å². The maximum atomic E-state index is 12.2. The van der Waals surface area contributed by atoms with Crippen LogP contribution in [0, 0.1) is 0 Å². The molecule has 1 unspecified atom stereocenters. The van der Waals surface area contributed by atoms with Crippen LogP contribution in [0.25, 0.3) is 0 Å². The van der Waals surface area contributed by atoms with Crippen LogP contribution >= 0.6 is 0 Å². The number of hydrogen-bond acceptors (Lipinski definition) is 5. The predicted molar refractivity (Wildman–Crippen MR) is 67.3 cm³/mol. The summed E-state index contributed by atoms with van der Waals surface area (Å²) >= 11 is 0. The smallest absolute Gasteiger partial charge is 0.196 e. The van der Waals surface area contributed by atoms with Gasteiger partial charge in [0.2, 0.25) is 0 Å². The zero-order valence-electron chi connectivity index (χ0n) is 9.96. The lowest BCUT2D eigenvalue weighted by molar-refractivity contribution is 0.0943. The van der Waals surface area contributed by atoms with Gasteiger partial charge in [-0.25, -0.2) is 0 Å².